The Morgan fingerprint density at radius 2 is 1.69 bits per heavy atom. The molecule has 0 spiro atoms. The molecule has 2 heterocycles. The summed E-state index contributed by atoms with van der Waals surface area (Å²) in [5, 5.41) is 3.42. The van der Waals surface area contributed by atoms with Gasteiger partial charge in [-0.15, -0.1) is 24.0 Å². The molecule has 32 heavy (non-hydrogen) atoms. The number of aliphatic imine (C=N–C) groups is 1. The zero-order valence-electron chi connectivity index (χ0n) is 19.2. The minimum atomic E-state index is -4.28. The zero-order valence-corrected chi connectivity index (χ0v) is 21.6. The first-order valence-electron chi connectivity index (χ1n) is 11.1. The summed E-state index contributed by atoms with van der Waals surface area (Å²) in [5.74, 6) is 0.957. The van der Waals surface area contributed by atoms with Gasteiger partial charge in [0.05, 0.1) is 12.1 Å². The van der Waals surface area contributed by atoms with Gasteiger partial charge in [0.2, 0.25) is 0 Å². The fourth-order valence-corrected chi connectivity index (χ4v) is 4.09. The van der Waals surface area contributed by atoms with E-state index in [1.165, 1.54) is 12.1 Å². The average molecular weight is 568 g/mol. The van der Waals surface area contributed by atoms with Crippen LogP contribution < -0.4 is 5.32 Å². The summed E-state index contributed by atoms with van der Waals surface area (Å²) in [4.78, 5) is 14.2. The Bertz CT molecular complexity index is 719. The van der Waals surface area contributed by atoms with E-state index < -0.39 is 11.7 Å². The van der Waals surface area contributed by atoms with E-state index in [-0.39, 0.29) is 24.0 Å². The fourth-order valence-electron chi connectivity index (χ4n) is 4.09. The molecule has 1 aromatic carbocycles. The third-order valence-electron chi connectivity index (χ3n) is 6.13. The first kappa shape index (κ1) is 27.1. The van der Waals surface area contributed by atoms with Crippen molar-refractivity contribution in [3.63, 3.8) is 0 Å². The van der Waals surface area contributed by atoms with Crippen LogP contribution in [0.3, 0.4) is 0 Å². The second-order valence-corrected chi connectivity index (χ2v) is 8.55. The van der Waals surface area contributed by atoms with Crippen LogP contribution in [0.15, 0.2) is 29.3 Å². The lowest BCUT2D eigenvalue weighted by molar-refractivity contribution is -0.137. The van der Waals surface area contributed by atoms with Crippen LogP contribution >= 0.6 is 24.0 Å². The molecule has 6 nitrogen and oxygen atoms in total. The van der Waals surface area contributed by atoms with Crippen molar-refractivity contribution in [2.45, 2.75) is 25.7 Å². The normalized spacial score (nSPS) is 22.0. The maximum atomic E-state index is 12.7. The Hall–Kier alpha value is -1.11. The summed E-state index contributed by atoms with van der Waals surface area (Å²) >= 11 is 0. The number of guanidine groups is 1. The van der Waals surface area contributed by atoms with E-state index in [1.807, 2.05) is 0 Å². The Labute approximate surface area is 206 Å². The minimum absolute atomic E-state index is 0. The number of rotatable bonds is 5. The van der Waals surface area contributed by atoms with Crippen molar-refractivity contribution in [3.8, 4) is 0 Å². The molecule has 0 bridgehead atoms. The third kappa shape index (κ3) is 7.74. The first-order chi connectivity index (χ1) is 14.8. The lowest BCUT2D eigenvalue weighted by atomic mass is 10.1. The lowest BCUT2D eigenvalue weighted by Crippen LogP contribution is -2.54. The molecule has 2 saturated heterocycles. The van der Waals surface area contributed by atoms with Crippen molar-refractivity contribution in [1.82, 2.24) is 24.9 Å². The van der Waals surface area contributed by atoms with Gasteiger partial charge in [0.1, 0.15) is 0 Å². The van der Waals surface area contributed by atoms with Gasteiger partial charge in [-0.3, -0.25) is 14.8 Å². The predicted molar refractivity (Wildman–Crippen MR) is 134 cm³/mol. The molecule has 0 aromatic heterocycles. The van der Waals surface area contributed by atoms with E-state index in [1.54, 1.807) is 12.1 Å². The van der Waals surface area contributed by atoms with E-state index >= 15 is 0 Å². The standard InChI is InChI=1S/C22H35F3N6.HI/c1-4-26-21(27-15-20-17-28(2)9-10-29(20)3)31-13-11-30(12-14-31)16-18-5-7-19(8-6-18)22(23,24)25;/h5-8,20H,4,9-17H2,1-3H3,(H,26,27);1H. The van der Waals surface area contributed by atoms with E-state index in [9.17, 15) is 13.2 Å². The van der Waals surface area contributed by atoms with Crippen LogP contribution in [0.1, 0.15) is 18.1 Å². The molecule has 1 atom stereocenters. The number of halogens is 4. The van der Waals surface area contributed by atoms with Crippen LogP contribution in [0.5, 0.6) is 0 Å². The molecule has 10 heteroatoms. The highest BCUT2D eigenvalue weighted by Gasteiger charge is 2.30. The van der Waals surface area contributed by atoms with Gasteiger partial charge in [0, 0.05) is 64.9 Å². The molecule has 182 valence electrons. The molecule has 0 aliphatic carbocycles. The highest BCUT2D eigenvalue weighted by Crippen LogP contribution is 2.29. The summed E-state index contributed by atoms with van der Waals surface area (Å²) in [6.07, 6.45) is -4.28. The van der Waals surface area contributed by atoms with Gasteiger partial charge in [0.15, 0.2) is 5.96 Å². The van der Waals surface area contributed by atoms with Gasteiger partial charge in [-0.05, 0) is 38.7 Å². The molecule has 0 radical (unpaired) electrons. The van der Waals surface area contributed by atoms with E-state index in [4.69, 9.17) is 4.99 Å². The first-order valence-corrected chi connectivity index (χ1v) is 11.1. The van der Waals surface area contributed by atoms with Gasteiger partial charge < -0.3 is 15.1 Å². The van der Waals surface area contributed by atoms with Crippen molar-refractivity contribution in [3.05, 3.63) is 35.4 Å². The SMILES string of the molecule is CCNC(=NCC1CN(C)CCN1C)N1CCN(Cc2ccc(C(F)(F)F)cc2)CC1.I. The highest BCUT2D eigenvalue weighted by molar-refractivity contribution is 14.0. The minimum Gasteiger partial charge on any atom is -0.357 e. The van der Waals surface area contributed by atoms with E-state index in [0.717, 1.165) is 70.4 Å². The smallest absolute Gasteiger partial charge is 0.357 e. The number of nitrogens with zero attached hydrogens (tertiary/aromatic N) is 5. The van der Waals surface area contributed by atoms with Crippen LogP contribution in [-0.2, 0) is 12.7 Å². The highest BCUT2D eigenvalue weighted by atomic mass is 127. The molecule has 1 unspecified atom stereocenters. The van der Waals surface area contributed by atoms with Crippen molar-refractivity contribution in [2.75, 3.05) is 73.0 Å². The summed E-state index contributed by atoms with van der Waals surface area (Å²) < 4.78 is 38.2. The lowest BCUT2D eigenvalue weighted by Gasteiger charge is -2.38. The molecule has 2 aliphatic rings. The topological polar surface area (TPSA) is 37.4 Å². The molecular weight excluding hydrogens is 532 g/mol. The van der Waals surface area contributed by atoms with Gasteiger partial charge in [-0.1, -0.05) is 12.1 Å². The summed E-state index contributed by atoms with van der Waals surface area (Å²) in [6.45, 7) is 11.0. The van der Waals surface area contributed by atoms with Crippen molar-refractivity contribution in [1.29, 1.82) is 0 Å². The Kier molecular flexibility index (Phi) is 10.5. The quantitative estimate of drug-likeness (QED) is 0.336. The molecule has 3 rings (SSSR count). The maximum Gasteiger partial charge on any atom is 0.416 e. The summed E-state index contributed by atoms with van der Waals surface area (Å²) in [5.41, 5.74) is 0.314. The molecule has 0 amide bonds. The van der Waals surface area contributed by atoms with Crippen LogP contribution in [0.4, 0.5) is 13.2 Å². The summed E-state index contributed by atoms with van der Waals surface area (Å²) in [6, 6.07) is 5.92. The van der Waals surface area contributed by atoms with Gasteiger partial charge in [0.25, 0.3) is 0 Å². The van der Waals surface area contributed by atoms with E-state index in [2.05, 4.69) is 45.9 Å². The zero-order chi connectivity index (χ0) is 22.4. The predicted octanol–water partition coefficient (Wildman–Crippen LogP) is 2.65. The second kappa shape index (κ2) is 12.4. The van der Waals surface area contributed by atoms with Crippen LogP contribution in [0, 0.1) is 0 Å². The Morgan fingerprint density at radius 3 is 2.28 bits per heavy atom. The third-order valence-corrected chi connectivity index (χ3v) is 6.13. The number of hydrogen-bond acceptors (Lipinski definition) is 4. The number of benzene rings is 1. The van der Waals surface area contributed by atoms with Crippen LogP contribution in [0.2, 0.25) is 0 Å². The van der Waals surface area contributed by atoms with Crippen molar-refractivity contribution in [2.24, 2.45) is 4.99 Å². The average Bonchev–Trinajstić information content (AvgIpc) is 2.74. The molecule has 1 aromatic rings. The molecule has 0 saturated carbocycles. The van der Waals surface area contributed by atoms with E-state index in [0.29, 0.717) is 12.6 Å². The number of nitrogens with one attached hydrogen (secondary N) is 1. The molecule has 2 fully saturated rings. The number of hydrogen-bond donors (Lipinski definition) is 1. The number of alkyl halides is 3. The van der Waals surface area contributed by atoms with Gasteiger partial charge >= 0.3 is 6.18 Å². The monoisotopic (exact) mass is 568 g/mol. The Morgan fingerprint density at radius 1 is 1.03 bits per heavy atom. The van der Waals surface area contributed by atoms with Gasteiger partial charge in [-0.2, -0.15) is 13.2 Å². The fraction of sp³-hybridized carbons (Fsp3) is 0.682. The largest absolute Gasteiger partial charge is 0.416 e. The molecule has 2 aliphatic heterocycles. The number of piperazine rings is 2. The summed E-state index contributed by atoms with van der Waals surface area (Å²) in [7, 11) is 4.32. The maximum absolute atomic E-state index is 12.7. The van der Waals surface area contributed by atoms with Crippen molar-refractivity contribution < 1.29 is 13.2 Å². The van der Waals surface area contributed by atoms with Crippen LogP contribution in [-0.4, -0.2) is 105 Å². The second-order valence-electron chi connectivity index (χ2n) is 8.55. The van der Waals surface area contributed by atoms with Gasteiger partial charge in [-0.25, -0.2) is 0 Å². The molecular formula is C22H36F3IN6. The Balaban J connectivity index is 0.00000363. The van der Waals surface area contributed by atoms with Crippen LogP contribution in [0.25, 0.3) is 0 Å². The molecule has 1 N–H and O–H groups in total. The number of likely N-dealkylation sites (N-methyl/N-ethyl adjacent to an activating group) is 2. The van der Waals surface area contributed by atoms with Crippen molar-refractivity contribution >= 4 is 29.9 Å².